The Morgan fingerprint density at radius 3 is 2.84 bits per heavy atom. The van der Waals surface area contributed by atoms with E-state index in [1.54, 1.807) is 24.5 Å². The lowest BCUT2D eigenvalue weighted by Gasteiger charge is -2.20. The van der Waals surface area contributed by atoms with Crippen LogP contribution in [-0.4, -0.2) is 4.98 Å². The van der Waals surface area contributed by atoms with Gasteiger partial charge in [-0.15, -0.1) is 0 Å². The van der Waals surface area contributed by atoms with Crippen LogP contribution in [0.4, 0.5) is 4.39 Å². The van der Waals surface area contributed by atoms with Gasteiger partial charge in [-0.1, -0.05) is 12.1 Å². The lowest BCUT2D eigenvalue weighted by molar-refractivity contribution is 0.465. The highest BCUT2D eigenvalue weighted by molar-refractivity contribution is 5.36. The molecule has 2 aromatic rings. The van der Waals surface area contributed by atoms with E-state index < -0.39 is 0 Å². The summed E-state index contributed by atoms with van der Waals surface area (Å²) >= 11 is 0. The molecule has 98 valence electrons. The molecule has 3 heteroatoms. The average Bonchev–Trinajstić information content (AvgIpc) is 2.84. The first-order chi connectivity index (χ1) is 9.25. The summed E-state index contributed by atoms with van der Waals surface area (Å²) in [5.74, 6) is -0.0710. The molecule has 1 N–H and O–H groups in total. The minimum absolute atomic E-state index is 0.0710. The minimum atomic E-state index is -0.0710. The number of hydrogen-bond acceptors (Lipinski definition) is 2. The molecule has 1 aromatic heterocycles. The molecule has 2 nitrogen and oxygen atoms in total. The fourth-order valence-electron chi connectivity index (χ4n) is 2.83. The van der Waals surface area contributed by atoms with Gasteiger partial charge in [0.2, 0.25) is 0 Å². The van der Waals surface area contributed by atoms with E-state index in [0.29, 0.717) is 0 Å². The SMILES string of the molecule is C[C@@H](NC1CCc2c(F)cccc21)c1ccncc1. The van der Waals surface area contributed by atoms with Crippen LogP contribution < -0.4 is 5.32 Å². The van der Waals surface area contributed by atoms with Gasteiger partial charge in [0, 0.05) is 24.5 Å². The number of pyridine rings is 1. The van der Waals surface area contributed by atoms with Crippen LogP contribution in [0.3, 0.4) is 0 Å². The number of benzene rings is 1. The van der Waals surface area contributed by atoms with Crippen molar-refractivity contribution in [3.05, 3.63) is 65.2 Å². The van der Waals surface area contributed by atoms with E-state index in [4.69, 9.17) is 0 Å². The van der Waals surface area contributed by atoms with E-state index in [1.165, 1.54) is 5.56 Å². The second-order valence-corrected chi connectivity index (χ2v) is 5.07. The molecular formula is C16H17FN2. The van der Waals surface area contributed by atoms with Crippen molar-refractivity contribution in [1.29, 1.82) is 0 Å². The summed E-state index contributed by atoms with van der Waals surface area (Å²) in [6.07, 6.45) is 5.39. The third kappa shape index (κ3) is 2.38. The van der Waals surface area contributed by atoms with Crippen LogP contribution >= 0.6 is 0 Å². The van der Waals surface area contributed by atoms with Crippen molar-refractivity contribution in [2.45, 2.75) is 31.8 Å². The smallest absolute Gasteiger partial charge is 0.126 e. The number of halogens is 1. The van der Waals surface area contributed by atoms with Crippen molar-refractivity contribution in [1.82, 2.24) is 10.3 Å². The van der Waals surface area contributed by atoms with Crippen LogP contribution in [0.1, 0.15) is 42.1 Å². The number of hydrogen-bond donors (Lipinski definition) is 1. The predicted molar refractivity (Wildman–Crippen MR) is 73.2 cm³/mol. The van der Waals surface area contributed by atoms with Crippen molar-refractivity contribution in [2.75, 3.05) is 0 Å². The molecule has 0 bridgehead atoms. The van der Waals surface area contributed by atoms with Gasteiger partial charge in [-0.3, -0.25) is 4.98 Å². The summed E-state index contributed by atoms with van der Waals surface area (Å²) in [6.45, 7) is 2.13. The van der Waals surface area contributed by atoms with Gasteiger partial charge in [0.15, 0.2) is 0 Å². The normalized spacial score (nSPS) is 19.2. The Morgan fingerprint density at radius 2 is 2.05 bits per heavy atom. The molecule has 3 rings (SSSR count). The molecule has 0 saturated heterocycles. The highest BCUT2D eigenvalue weighted by Crippen LogP contribution is 2.34. The molecule has 0 fully saturated rings. The fraction of sp³-hybridized carbons (Fsp3) is 0.312. The summed E-state index contributed by atoms with van der Waals surface area (Å²) in [7, 11) is 0. The summed E-state index contributed by atoms with van der Waals surface area (Å²) in [5, 5.41) is 3.58. The Balaban J connectivity index is 1.78. The number of rotatable bonds is 3. The summed E-state index contributed by atoms with van der Waals surface area (Å²) in [5.41, 5.74) is 3.20. The quantitative estimate of drug-likeness (QED) is 0.908. The van der Waals surface area contributed by atoms with Gasteiger partial charge in [0.05, 0.1) is 0 Å². The Hall–Kier alpha value is -1.74. The van der Waals surface area contributed by atoms with Gasteiger partial charge < -0.3 is 5.32 Å². The van der Waals surface area contributed by atoms with Gasteiger partial charge in [-0.05, 0) is 54.7 Å². The maximum atomic E-state index is 13.7. The Morgan fingerprint density at radius 1 is 1.26 bits per heavy atom. The maximum Gasteiger partial charge on any atom is 0.126 e. The number of fused-ring (bicyclic) bond motifs is 1. The molecule has 0 aliphatic heterocycles. The second-order valence-electron chi connectivity index (χ2n) is 5.07. The standard InChI is InChI=1S/C16H17FN2/c1-11(12-7-9-18-10-8-12)19-16-6-5-13-14(16)3-2-4-15(13)17/h2-4,7-11,16,19H,5-6H2,1H3/t11-,16?/m1/s1. The number of nitrogens with one attached hydrogen (secondary N) is 1. The van der Waals surface area contributed by atoms with E-state index in [2.05, 4.69) is 17.2 Å². The van der Waals surface area contributed by atoms with E-state index in [1.807, 2.05) is 18.2 Å². The van der Waals surface area contributed by atoms with Crippen LogP contribution in [0.5, 0.6) is 0 Å². The van der Waals surface area contributed by atoms with Crippen molar-refractivity contribution >= 4 is 0 Å². The van der Waals surface area contributed by atoms with Crippen molar-refractivity contribution in [2.24, 2.45) is 0 Å². The van der Waals surface area contributed by atoms with Gasteiger partial charge in [0.25, 0.3) is 0 Å². The largest absolute Gasteiger partial charge is 0.303 e. The molecule has 0 saturated carbocycles. The van der Waals surface area contributed by atoms with Gasteiger partial charge in [0.1, 0.15) is 5.82 Å². The first-order valence-electron chi connectivity index (χ1n) is 6.69. The highest BCUT2D eigenvalue weighted by atomic mass is 19.1. The van der Waals surface area contributed by atoms with Crippen LogP contribution in [0.2, 0.25) is 0 Å². The minimum Gasteiger partial charge on any atom is -0.303 e. The van der Waals surface area contributed by atoms with Crippen molar-refractivity contribution in [3.8, 4) is 0 Å². The molecule has 1 aromatic carbocycles. The molecule has 1 aliphatic rings. The number of aromatic nitrogens is 1. The molecule has 1 aliphatic carbocycles. The monoisotopic (exact) mass is 256 g/mol. The van der Waals surface area contributed by atoms with Crippen molar-refractivity contribution in [3.63, 3.8) is 0 Å². The molecule has 2 atom stereocenters. The van der Waals surface area contributed by atoms with Gasteiger partial charge in [-0.2, -0.15) is 0 Å². The first-order valence-corrected chi connectivity index (χ1v) is 6.69. The van der Waals surface area contributed by atoms with E-state index >= 15 is 0 Å². The first kappa shape index (κ1) is 12.3. The van der Waals surface area contributed by atoms with Crippen LogP contribution in [-0.2, 0) is 6.42 Å². The molecule has 1 heterocycles. The Bertz CT molecular complexity index is 568. The Labute approximate surface area is 112 Å². The molecule has 0 amide bonds. The zero-order valence-corrected chi connectivity index (χ0v) is 10.9. The molecule has 0 spiro atoms. The lowest BCUT2D eigenvalue weighted by atomic mass is 10.0. The van der Waals surface area contributed by atoms with E-state index in [0.717, 1.165) is 24.0 Å². The Kier molecular flexibility index (Phi) is 3.30. The molecule has 1 unspecified atom stereocenters. The zero-order chi connectivity index (χ0) is 13.2. The molecule has 0 radical (unpaired) electrons. The van der Waals surface area contributed by atoms with E-state index in [9.17, 15) is 4.39 Å². The zero-order valence-electron chi connectivity index (χ0n) is 10.9. The third-order valence-corrected chi connectivity index (χ3v) is 3.87. The lowest BCUT2D eigenvalue weighted by Crippen LogP contribution is -2.23. The average molecular weight is 256 g/mol. The maximum absolute atomic E-state index is 13.7. The van der Waals surface area contributed by atoms with Crippen LogP contribution in [0, 0.1) is 5.82 Å². The summed E-state index contributed by atoms with van der Waals surface area (Å²) in [6, 6.07) is 9.88. The second kappa shape index (κ2) is 5.10. The van der Waals surface area contributed by atoms with Crippen LogP contribution in [0.15, 0.2) is 42.7 Å². The van der Waals surface area contributed by atoms with Crippen LogP contribution in [0.25, 0.3) is 0 Å². The summed E-state index contributed by atoms with van der Waals surface area (Å²) in [4.78, 5) is 4.03. The summed E-state index contributed by atoms with van der Waals surface area (Å²) < 4.78 is 13.7. The fourth-order valence-corrected chi connectivity index (χ4v) is 2.83. The van der Waals surface area contributed by atoms with Gasteiger partial charge >= 0.3 is 0 Å². The van der Waals surface area contributed by atoms with Crippen molar-refractivity contribution < 1.29 is 4.39 Å². The highest BCUT2D eigenvalue weighted by Gasteiger charge is 2.25. The topological polar surface area (TPSA) is 24.9 Å². The molecule has 19 heavy (non-hydrogen) atoms. The number of nitrogens with zero attached hydrogens (tertiary/aromatic N) is 1. The van der Waals surface area contributed by atoms with E-state index in [-0.39, 0.29) is 17.9 Å². The predicted octanol–water partition coefficient (Wildman–Crippen LogP) is 3.56. The molecular weight excluding hydrogens is 239 g/mol. The van der Waals surface area contributed by atoms with Gasteiger partial charge in [-0.25, -0.2) is 4.39 Å². The third-order valence-electron chi connectivity index (χ3n) is 3.87.